The standard InChI is InChI=1S/C14H15ClN4O3S/c1-3-22-10-5-8(4-9(15)11(10)20)6-17-19-13(21)12-7(2)18-14(16)23-12/h4-6,20H,3H2,1-2H3,(H2,16,18)(H,19,21)/b17-6-. The molecule has 0 aliphatic heterocycles. The van der Waals surface area contributed by atoms with E-state index in [-0.39, 0.29) is 16.5 Å². The summed E-state index contributed by atoms with van der Waals surface area (Å²) in [4.78, 5) is 16.3. The number of carbonyl (C=O) groups excluding carboxylic acids is 1. The highest BCUT2D eigenvalue weighted by molar-refractivity contribution is 7.17. The van der Waals surface area contributed by atoms with Crippen LogP contribution in [-0.2, 0) is 0 Å². The van der Waals surface area contributed by atoms with E-state index in [4.69, 9.17) is 22.1 Å². The largest absolute Gasteiger partial charge is 0.503 e. The number of phenols is 1. The van der Waals surface area contributed by atoms with Crippen molar-refractivity contribution in [3.63, 3.8) is 0 Å². The summed E-state index contributed by atoms with van der Waals surface area (Å²) in [7, 11) is 0. The number of amides is 1. The van der Waals surface area contributed by atoms with Crippen LogP contribution >= 0.6 is 22.9 Å². The summed E-state index contributed by atoms with van der Waals surface area (Å²) in [5.74, 6) is -0.285. The molecule has 122 valence electrons. The zero-order chi connectivity index (χ0) is 17.0. The third-order valence-corrected chi connectivity index (χ3v) is 4.02. The van der Waals surface area contributed by atoms with Crippen LogP contribution < -0.4 is 15.9 Å². The highest BCUT2D eigenvalue weighted by Gasteiger charge is 2.13. The topological polar surface area (TPSA) is 110 Å². The Hall–Kier alpha value is -2.32. The summed E-state index contributed by atoms with van der Waals surface area (Å²) in [5.41, 5.74) is 9.05. The van der Waals surface area contributed by atoms with Crippen LogP contribution in [-0.4, -0.2) is 28.8 Å². The average Bonchev–Trinajstić information content (AvgIpc) is 2.83. The Morgan fingerprint density at radius 1 is 1.61 bits per heavy atom. The Bertz CT molecular complexity index is 761. The lowest BCUT2D eigenvalue weighted by Crippen LogP contribution is -2.17. The van der Waals surface area contributed by atoms with E-state index in [1.54, 1.807) is 19.9 Å². The molecule has 0 unspecified atom stereocenters. The Balaban J connectivity index is 2.11. The number of aromatic hydroxyl groups is 1. The van der Waals surface area contributed by atoms with Gasteiger partial charge in [0.05, 0.1) is 23.5 Å². The quantitative estimate of drug-likeness (QED) is 0.564. The first-order chi connectivity index (χ1) is 10.9. The molecular formula is C14H15ClN4O3S. The van der Waals surface area contributed by atoms with E-state index >= 15 is 0 Å². The number of nitrogens with two attached hydrogens (primary N) is 1. The minimum absolute atomic E-state index is 0.134. The number of rotatable bonds is 5. The van der Waals surface area contributed by atoms with Gasteiger partial charge in [0.15, 0.2) is 16.6 Å². The highest BCUT2D eigenvalue weighted by atomic mass is 35.5. The van der Waals surface area contributed by atoms with Crippen molar-refractivity contribution in [2.45, 2.75) is 13.8 Å². The predicted molar refractivity (Wildman–Crippen MR) is 90.6 cm³/mol. The second-order valence-corrected chi connectivity index (χ2v) is 5.89. The molecule has 7 nitrogen and oxygen atoms in total. The number of ether oxygens (including phenoxy) is 1. The van der Waals surface area contributed by atoms with Gasteiger partial charge in [-0.25, -0.2) is 10.4 Å². The number of nitrogen functional groups attached to an aromatic ring is 1. The monoisotopic (exact) mass is 354 g/mol. The molecule has 0 spiro atoms. The highest BCUT2D eigenvalue weighted by Crippen LogP contribution is 2.34. The third kappa shape index (κ3) is 4.11. The maximum absolute atomic E-state index is 12.0. The normalized spacial score (nSPS) is 10.9. The number of hydrogen-bond acceptors (Lipinski definition) is 7. The van der Waals surface area contributed by atoms with Crippen molar-refractivity contribution in [3.8, 4) is 11.5 Å². The van der Waals surface area contributed by atoms with Gasteiger partial charge in [0.25, 0.3) is 5.91 Å². The lowest BCUT2D eigenvalue weighted by atomic mass is 10.2. The van der Waals surface area contributed by atoms with Gasteiger partial charge in [-0.15, -0.1) is 0 Å². The number of aromatic nitrogens is 1. The van der Waals surface area contributed by atoms with Crippen LogP contribution in [0.2, 0.25) is 5.02 Å². The molecule has 2 rings (SSSR count). The molecule has 0 saturated carbocycles. The summed E-state index contributed by atoms with van der Waals surface area (Å²) in [5, 5.41) is 14.1. The van der Waals surface area contributed by atoms with E-state index < -0.39 is 5.91 Å². The number of thiazole rings is 1. The van der Waals surface area contributed by atoms with Gasteiger partial charge in [0.1, 0.15) is 4.88 Å². The molecule has 0 saturated heterocycles. The number of halogens is 1. The van der Waals surface area contributed by atoms with Gasteiger partial charge in [-0.1, -0.05) is 22.9 Å². The molecule has 0 bridgehead atoms. The SMILES string of the molecule is CCOc1cc(/C=N\NC(=O)c2sc(N)nc2C)cc(Cl)c1O. The zero-order valence-corrected chi connectivity index (χ0v) is 14.0. The third-order valence-electron chi connectivity index (χ3n) is 2.75. The first-order valence-electron chi connectivity index (χ1n) is 6.64. The molecule has 0 fully saturated rings. The van der Waals surface area contributed by atoms with Crippen molar-refractivity contribution in [3.05, 3.63) is 33.3 Å². The smallest absolute Gasteiger partial charge is 0.283 e. The summed E-state index contributed by atoms with van der Waals surface area (Å²) in [6.45, 7) is 3.87. The Morgan fingerprint density at radius 3 is 2.96 bits per heavy atom. The maximum atomic E-state index is 12.0. The Morgan fingerprint density at radius 2 is 2.35 bits per heavy atom. The lowest BCUT2D eigenvalue weighted by molar-refractivity contribution is 0.0958. The fraction of sp³-hybridized carbons (Fsp3) is 0.214. The van der Waals surface area contributed by atoms with Crippen LogP contribution in [0.1, 0.15) is 27.9 Å². The molecule has 0 aliphatic rings. The van der Waals surface area contributed by atoms with E-state index in [9.17, 15) is 9.90 Å². The summed E-state index contributed by atoms with van der Waals surface area (Å²) in [6.07, 6.45) is 1.39. The number of aryl methyl sites for hydroxylation is 1. The first kappa shape index (κ1) is 17.0. The molecule has 9 heteroatoms. The molecule has 1 aromatic carbocycles. The van der Waals surface area contributed by atoms with Crippen LogP contribution in [0.4, 0.5) is 5.13 Å². The van der Waals surface area contributed by atoms with E-state index in [0.717, 1.165) is 11.3 Å². The van der Waals surface area contributed by atoms with E-state index in [1.807, 2.05) is 0 Å². The van der Waals surface area contributed by atoms with Crippen molar-refractivity contribution in [1.82, 2.24) is 10.4 Å². The van der Waals surface area contributed by atoms with E-state index in [2.05, 4.69) is 15.5 Å². The average molecular weight is 355 g/mol. The van der Waals surface area contributed by atoms with Crippen molar-refractivity contribution in [1.29, 1.82) is 0 Å². The minimum Gasteiger partial charge on any atom is -0.503 e. The Kier molecular flexibility index (Phi) is 5.41. The number of anilines is 1. The fourth-order valence-electron chi connectivity index (χ4n) is 1.78. The van der Waals surface area contributed by atoms with Crippen molar-refractivity contribution >= 4 is 40.2 Å². The van der Waals surface area contributed by atoms with Gasteiger partial charge in [0.2, 0.25) is 0 Å². The molecule has 0 aliphatic carbocycles. The molecular weight excluding hydrogens is 340 g/mol. The number of nitrogens with one attached hydrogen (secondary N) is 1. The number of nitrogens with zero attached hydrogens (tertiary/aromatic N) is 2. The summed E-state index contributed by atoms with van der Waals surface area (Å²) in [6, 6.07) is 3.07. The second-order valence-electron chi connectivity index (χ2n) is 4.45. The van der Waals surface area contributed by atoms with Gasteiger partial charge in [-0.3, -0.25) is 4.79 Å². The van der Waals surface area contributed by atoms with Crippen LogP contribution in [0, 0.1) is 6.92 Å². The first-order valence-corrected chi connectivity index (χ1v) is 7.83. The zero-order valence-electron chi connectivity index (χ0n) is 12.5. The van der Waals surface area contributed by atoms with Crippen molar-refractivity contribution in [2.24, 2.45) is 5.10 Å². The van der Waals surface area contributed by atoms with Gasteiger partial charge in [0, 0.05) is 0 Å². The molecule has 23 heavy (non-hydrogen) atoms. The molecule has 1 amide bonds. The summed E-state index contributed by atoms with van der Waals surface area (Å²) < 4.78 is 5.27. The fourth-order valence-corrected chi connectivity index (χ4v) is 2.72. The van der Waals surface area contributed by atoms with Gasteiger partial charge in [-0.05, 0) is 31.5 Å². The number of hydrogen-bond donors (Lipinski definition) is 3. The summed E-state index contributed by atoms with van der Waals surface area (Å²) >= 11 is 7.00. The van der Waals surface area contributed by atoms with Gasteiger partial charge >= 0.3 is 0 Å². The second kappa shape index (κ2) is 7.30. The van der Waals surface area contributed by atoms with E-state index in [1.165, 1.54) is 12.3 Å². The minimum atomic E-state index is -0.400. The van der Waals surface area contributed by atoms with Crippen LogP contribution in [0.3, 0.4) is 0 Å². The lowest BCUT2D eigenvalue weighted by Gasteiger charge is -2.08. The van der Waals surface area contributed by atoms with E-state index in [0.29, 0.717) is 27.9 Å². The molecule has 0 radical (unpaired) electrons. The molecule has 1 aromatic heterocycles. The van der Waals surface area contributed by atoms with Crippen LogP contribution in [0.5, 0.6) is 11.5 Å². The molecule has 4 N–H and O–H groups in total. The number of hydrazone groups is 1. The molecule has 0 atom stereocenters. The predicted octanol–water partition coefficient (Wildman–Crippen LogP) is 2.56. The number of carbonyl (C=O) groups is 1. The van der Waals surface area contributed by atoms with Crippen molar-refractivity contribution in [2.75, 3.05) is 12.3 Å². The van der Waals surface area contributed by atoms with Crippen LogP contribution in [0.25, 0.3) is 0 Å². The van der Waals surface area contributed by atoms with Gasteiger partial charge < -0.3 is 15.6 Å². The maximum Gasteiger partial charge on any atom is 0.283 e. The van der Waals surface area contributed by atoms with Crippen LogP contribution in [0.15, 0.2) is 17.2 Å². The number of phenolic OH excluding ortho intramolecular Hbond substituents is 1. The Labute approximate surface area is 141 Å². The van der Waals surface area contributed by atoms with Crippen molar-refractivity contribution < 1.29 is 14.6 Å². The molecule has 2 aromatic rings. The number of benzene rings is 1. The van der Waals surface area contributed by atoms with Gasteiger partial charge in [-0.2, -0.15) is 5.10 Å². The molecule has 1 heterocycles.